The van der Waals surface area contributed by atoms with Crippen molar-refractivity contribution in [2.45, 2.75) is 19.9 Å². The number of benzene rings is 1. The number of hydrogen-bond donors (Lipinski definition) is 2. The molecule has 0 bridgehead atoms. The predicted octanol–water partition coefficient (Wildman–Crippen LogP) is 3.06. The maximum Gasteiger partial charge on any atom is 0.257 e. The van der Waals surface area contributed by atoms with Gasteiger partial charge in [0.2, 0.25) is 5.91 Å². The topological polar surface area (TPSA) is 93.5 Å². The number of carbonyl (C=O) groups excluding carboxylic acids is 2. The smallest absolute Gasteiger partial charge is 0.257 e. The molecule has 0 fully saturated rings. The van der Waals surface area contributed by atoms with E-state index in [9.17, 15) is 9.59 Å². The van der Waals surface area contributed by atoms with Crippen molar-refractivity contribution in [3.63, 3.8) is 0 Å². The first-order chi connectivity index (χ1) is 11.3. The standard InChI is InChI=1S/C15H15Cl2N3O4/c1-7-6-11(20-24-7)19-14(21)8(2)18-15(22)12-9(16)4-5-10(17)13(12)23-3/h4-6,8H,1-3H3,(H,18,22)(H,19,20,21)/t8-/m1/s1. The molecule has 2 N–H and O–H groups in total. The Morgan fingerprint density at radius 2 is 1.96 bits per heavy atom. The number of hydrogen-bond acceptors (Lipinski definition) is 5. The largest absolute Gasteiger partial charge is 0.494 e. The summed E-state index contributed by atoms with van der Waals surface area (Å²) in [7, 11) is 1.37. The van der Waals surface area contributed by atoms with Crippen LogP contribution >= 0.6 is 23.2 Å². The highest BCUT2D eigenvalue weighted by molar-refractivity contribution is 6.37. The van der Waals surface area contributed by atoms with Crippen LogP contribution in [0.4, 0.5) is 5.82 Å². The van der Waals surface area contributed by atoms with Gasteiger partial charge in [-0.15, -0.1) is 0 Å². The number of amides is 2. The number of aromatic nitrogens is 1. The minimum atomic E-state index is -0.853. The van der Waals surface area contributed by atoms with E-state index in [4.69, 9.17) is 32.5 Å². The number of anilines is 1. The number of carbonyl (C=O) groups is 2. The second-order valence-electron chi connectivity index (χ2n) is 4.94. The van der Waals surface area contributed by atoms with Gasteiger partial charge in [0.15, 0.2) is 11.6 Å². The van der Waals surface area contributed by atoms with Gasteiger partial charge in [-0.1, -0.05) is 28.4 Å². The third-order valence-corrected chi connectivity index (χ3v) is 3.72. The number of halogens is 2. The van der Waals surface area contributed by atoms with Crippen molar-refractivity contribution >= 4 is 40.8 Å². The summed E-state index contributed by atoms with van der Waals surface area (Å²) in [5.74, 6) is -0.0945. The van der Waals surface area contributed by atoms with Gasteiger partial charge in [0.25, 0.3) is 5.91 Å². The summed E-state index contributed by atoms with van der Waals surface area (Å²) >= 11 is 12.0. The highest BCUT2D eigenvalue weighted by atomic mass is 35.5. The first kappa shape index (κ1) is 18.1. The Morgan fingerprint density at radius 3 is 2.54 bits per heavy atom. The number of rotatable bonds is 5. The third-order valence-electron chi connectivity index (χ3n) is 3.11. The van der Waals surface area contributed by atoms with Crippen LogP contribution in [0.1, 0.15) is 23.0 Å². The normalized spacial score (nSPS) is 11.7. The summed E-state index contributed by atoms with van der Waals surface area (Å²) in [6.45, 7) is 3.21. The lowest BCUT2D eigenvalue weighted by Crippen LogP contribution is -2.41. The molecule has 1 heterocycles. The Balaban J connectivity index is 2.11. The van der Waals surface area contributed by atoms with Crippen LogP contribution in [-0.2, 0) is 4.79 Å². The zero-order valence-corrected chi connectivity index (χ0v) is 14.7. The molecule has 0 aliphatic heterocycles. The van der Waals surface area contributed by atoms with Crippen molar-refractivity contribution in [2.75, 3.05) is 12.4 Å². The van der Waals surface area contributed by atoms with Gasteiger partial charge >= 0.3 is 0 Å². The van der Waals surface area contributed by atoms with Crippen LogP contribution in [0.5, 0.6) is 5.75 Å². The molecular weight excluding hydrogens is 357 g/mol. The lowest BCUT2D eigenvalue weighted by Gasteiger charge is -2.16. The van der Waals surface area contributed by atoms with E-state index in [1.54, 1.807) is 13.0 Å². The first-order valence-electron chi connectivity index (χ1n) is 6.90. The Labute approximate surface area is 148 Å². The summed E-state index contributed by atoms with van der Waals surface area (Å²) in [5.41, 5.74) is 0.0589. The van der Waals surface area contributed by atoms with Gasteiger partial charge in [-0.05, 0) is 26.0 Å². The highest BCUT2D eigenvalue weighted by Crippen LogP contribution is 2.33. The van der Waals surface area contributed by atoms with Crippen molar-refractivity contribution in [2.24, 2.45) is 0 Å². The van der Waals surface area contributed by atoms with E-state index in [1.165, 1.54) is 26.2 Å². The monoisotopic (exact) mass is 371 g/mol. The van der Waals surface area contributed by atoms with Crippen molar-refractivity contribution in [1.82, 2.24) is 10.5 Å². The Kier molecular flexibility index (Phi) is 5.69. The van der Waals surface area contributed by atoms with Crippen LogP contribution < -0.4 is 15.4 Å². The second kappa shape index (κ2) is 7.55. The summed E-state index contributed by atoms with van der Waals surface area (Å²) in [5, 5.41) is 9.11. The number of nitrogens with one attached hydrogen (secondary N) is 2. The molecule has 0 saturated carbocycles. The summed E-state index contributed by atoms with van der Waals surface area (Å²) in [6, 6.07) is 3.70. The molecule has 0 aliphatic rings. The molecule has 1 aromatic heterocycles. The van der Waals surface area contributed by atoms with Gasteiger partial charge in [-0.3, -0.25) is 9.59 Å². The van der Waals surface area contributed by atoms with Gasteiger partial charge in [0.05, 0.1) is 17.2 Å². The number of nitrogens with zero attached hydrogens (tertiary/aromatic N) is 1. The average Bonchev–Trinajstić information content (AvgIpc) is 2.93. The second-order valence-corrected chi connectivity index (χ2v) is 5.76. The van der Waals surface area contributed by atoms with E-state index < -0.39 is 17.9 Å². The van der Waals surface area contributed by atoms with Gasteiger partial charge in [0.1, 0.15) is 17.4 Å². The molecule has 0 radical (unpaired) electrons. The predicted molar refractivity (Wildman–Crippen MR) is 89.8 cm³/mol. The van der Waals surface area contributed by atoms with Crippen molar-refractivity contribution < 1.29 is 18.8 Å². The van der Waals surface area contributed by atoms with Crippen molar-refractivity contribution in [3.05, 3.63) is 39.6 Å². The Morgan fingerprint density at radius 1 is 1.29 bits per heavy atom. The number of ether oxygens (including phenoxy) is 1. The Bertz CT molecular complexity index is 776. The minimum Gasteiger partial charge on any atom is -0.494 e. The van der Waals surface area contributed by atoms with Gasteiger partial charge < -0.3 is 19.9 Å². The minimum absolute atomic E-state index is 0.0589. The molecule has 128 valence electrons. The zero-order valence-electron chi connectivity index (χ0n) is 13.1. The molecule has 9 heteroatoms. The molecule has 0 unspecified atom stereocenters. The van der Waals surface area contributed by atoms with Crippen molar-refractivity contribution in [3.8, 4) is 5.75 Å². The highest BCUT2D eigenvalue weighted by Gasteiger charge is 2.23. The van der Waals surface area contributed by atoms with Crippen LogP contribution in [0, 0.1) is 6.92 Å². The molecular formula is C15H15Cl2N3O4. The molecule has 7 nitrogen and oxygen atoms in total. The molecule has 1 atom stereocenters. The van der Waals surface area contributed by atoms with Crippen LogP contribution in [-0.4, -0.2) is 30.1 Å². The molecule has 1 aromatic carbocycles. The van der Waals surface area contributed by atoms with E-state index in [0.29, 0.717) is 5.76 Å². The van der Waals surface area contributed by atoms with E-state index in [0.717, 1.165) is 0 Å². The molecule has 0 saturated heterocycles. The molecule has 2 aromatic rings. The number of aryl methyl sites for hydroxylation is 1. The van der Waals surface area contributed by atoms with Crippen LogP contribution in [0.2, 0.25) is 10.0 Å². The van der Waals surface area contributed by atoms with Gasteiger partial charge in [0, 0.05) is 6.07 Å². The lowest BCUT2D eigenvalue weighted by atomic mass is 10.1. The van der Waals surface area contributed by atoms with Crippen LogP contribution in [0.3, 0.4) is 0 Å². The van der Waals surface area contributed by atoms with E-state index in [2.05, 4.69) is 15.8 Å². The molecule has 2 rings (SSSR count). The summed E-state index contributed by atoms with van der Waals surface area (Å²) in [6.07, 6.45) is 0. The maximum absolute atomic E-state index is 12.4. The average molecular weight is 372 g/mol. The van der Waals surface area contributed by atoms with Gasteiger partial charge in [-0.25, -0.2) is 0 Å². The maximum atomic E-state index is 12.4. The quantitative estimate of drug-likeness (QED) is 0.842. The van der Waals surface area contributed by atoms with Crippen LogP contribution in [0.15, 0.2) is 22.7 Å². The van der Waals surface area contributed by atoms with E-state index in [1.807, 2.05) is 0 Å². The molecule has 24 heavy (non-hydrogen) atoms. The lowest BCUT2D eigenvalue weighted by molar-refractivity contribution is -0.117. The molecule has 0 aliphatic carbocycles. The Hall–Kier alpha value is -2.25. The first-order valence-corrected chi connectivity index (χ1v) is 7.66. The fourth-order valence-corrected chi connectivity index (χ4v) is 2.41. The van der Waals surface area contributed by atoms with Crippen molar-refractivity contribution in [1.29, 1.82) is 0 Å². The van der Waals surface area contributed by atoms with E-state index >= 15 is 0 Å². The fourth-order valence-electron chi connectivity index (χ4n) is 1.94. The third kappa shape index (κ3) is 3.98. The molecule has 2 amide bonds. The van der Waals surface area contributed by atoms with E-state index in [-0.39, 0.29) is 27.2 Å². The molecule has 0 spiro atoms. The SMILES string of the molecule is COc1c(Cl)ccc(Cl)c1C(=O)N[C@H](C)C(=O)Nc1cc(C)on1. The number of methoxy groups -OCH3 is 1. The fraction of sp³-hybridized carbons (Fsp3) is 0.267. The summed E-state index contributed by atoms with van der Waals surface area (Å²) < 4.78 is 9.97. The summed E-state index contributed by atoms with van der Waals surface area (Å²) in [4.78, 5) is 24.5. The zero-order chi connectivity index (χ0) is 17.9. The van der Waals surface area contributed by atoms with Crippen LogP contribution in [0.25, 0.3) is 0 Å². The van der Waals surface area contributed by atoms with Gasteiger partial charge in [-0.2, -0.15) is 0 Å².